The molecule has 0 unspecified atom stereocenters. The van der Waals surface area contributed by atoms with E-state index in [-0.39, 0.29) is 11.8 Å². The van der Waals surface area contributed by atoms with Crippen LogP contribution in [0, 0.1) is 5.92 Å². The molecule has 168 valence electrons. The van der Waals surface area contributed by atoms with Gasteiger partial charge in [-0.25, -0.2) is 0 Å². The van der Waals surface area contributed by atoms with Crippen LogP contribution in [0.25, 0.3) is 18.2 Å². The quantitative estimate of drug-likeness (QED) is 0.722. The van der Waals surface area contributed by atoms with Crippen LogP contribution in [-0.4, -0.2) is 37.1 Å². The average molecular weight is 432 g/mol. The van der Waals surface area contributed by atoms with Crippen LogP contribution < -0.4 is 10.4 Å². The minimum Gasteiger partial charge on any atom is -0.343 e. The number of amides is 1. The largest absolute Gasteiger partial charge is 0.343 e. The molecule has 0 bridgehead atoms. The van der Waals surface area contributed by atoms with Gasteiger partial charge in [-0.15, -0.1) is 0 Å². The van der Waals surface area contributed by atoms with Crippen LogP contribution >= 0.6 is 0 Å². The van der Waals surface area contributed by atoms with Crippen molar-refractivity contribution in [3.63, 3.8) is 0 Å². The number of hydrogen-bond donors (Lipinski definition) is 0. The van der Waals surface area contributed by atoms with Gasteiger partial charge < -0.3 is 14.4 Å². The highest BCUT2D eigenvalue weighted by Gasteiger charge is 2.47. The van der Waals surface area contributed by atoms with Crippen LogP contribution in [0.1, 0.15) is 44.2 Å². The zero-order valence-electron chi connectivity index (χ0n) is 19.2. The maximum atomic E-state index is 12.1. The Morgan fingerprint density at radius 1 is 1.09 bits per heavy atom. The average Bonchev–Trinajstić information content (AvgIpc) is 3.34. The van der Waals surface area contributed by atoms with Gasteiger partial charge in [0.2, 0.25) is 5.91 Å². The fourth-order valence-electron chi connectivity index (χ4n) is 4.87. The molecule has 4 nitrogen and oxygen atoms in total. The van der Waals surface area contributed by atoms with Crippen LogP contribution in [0.2, 0.25) is 0 Å². The van der Waals surface area contributed by atoms with E-state index in [1.165, 1.54) is 0 Å². The lowest BCUT2D eigenvalue weighted by Crippen LogP contribution is -2.46. The lowest BCUT2D eigenvalue weighted by atomic mass is 9.83. The molecule has 2 aliphatic heterocycles. The van der Waals surface area contributed by atoms with Crippen molar-refractivity contribution in [1.29, 1.82) is 0 Å². The van der Waals surface area contributed by atoms with Crippen LogP contribution in [0.4, 0.5) is 0 Å². The standard InChI is InChI=1S/C28H33NO3/c1-4-22(20-24-9-7-6-8-21(24)3)23-10-12-25(13-11-23)28(31-18-19-32-28)26-14-16-29(17-15-26)27(30)5-2/h4,6-13,20,26H,3,5,14-19H2,1-2H3/b22-4+,24-20-. The number of benzene rings is 2. The third-order valence-electron chi connectivity index (χ3n) is 6.70. The van der Waals surface area contributed by atoms with Crippen LogP contribution in [0.3, 0.4) is 0 Å². The van der Waals surface area contributed by atoms with Crippen molar-refractivity contribution in [2.75, 3.05) is 26.3 Å². The number of allylic oxidation sites excluding steroid dienone is 2. The summed E-state index contributed by atoms with van der Waals surface area (Å²) in [4.78, 5) is 14.0. The maximum Gasteiger partial charge on any atom is 0.222 e. The highest BCUT2D eigenvalue weighted by molar-refractivity contribution is 5.88. The molecule has 0 aliphatic carbocycles. The van der Waals surface area contributed by atoms with Gasteiger partial charge in [0.15, 0.2) is 5.79 Å². The number of carbonyl (C=O) groups is 1. The molecule has 1 amide bonds. The number of ether oxygens (including phenoxy) is 2. The second-order valence-electron chi connectivity index (χ2n) is 8.54. The highest BCUT2D eigenvalue weighted by Crippen LogP contribution is 2.43. The molecule has 4 heteroatoms. The van der Waals surface area contributed by atoms with E-state index in [0.29, 0.717) is 19.6 Å². The summed E-state index contributed by atoms with van der Waals surface area (Å²) >= 11 is 0. The van der Waals surface area contributed by atoms with Gasteiger partial charge in [-0.05, 0) is 47.4 Å². The Labute approximate surface area is 190 Å². The van der Waals surface area contributed by atoms with Gasteiger partial charge in [0.1, 0.15) is 0 Å². The van der Waals surface area contributed by atoms with Crippen LogP contribution in [0.5, 0.6) is 0 Å². The number of nitrogens with zero attached hydrogens (tertiary/aromatic N) is 1. The Morgan fingerprint density at radius 2 is 1.75 bits per heavy atom. The first-order valence-electron chi connectivity index (χ1n) is 11.7. The van der Waals surface area contributed by atoms with Crippen LogP contribution in [0.15, 0.2) is 54.6 Å². The zero-order chi connectivity index (χ0) is 22.6. The van der Waals surface area contributed by atoms with Gasteiger partial charge in [0.05, 0.1) is 13.2 Å². The Balaban J connectivity index is 1.58. The van der Waals surface area contributed by atoms with E-state index >= 15 is 0 Å². The van der Waals surface area contributed by atoms with Gasteiger partial charge in [0, 0.05) is 31.0 Å². The first-order chi connectivity index (χ1) is 15.6. The van der Waals surface area contributed by atoms with E-state index in [1.54, 1.807) is 0 Å². The first-order valence-corrected chi connectivity index (χ1v) is 11.7. The molecule has 2 aromatic rings. The molecule has 0 radical (unpaired) electrons. The van der Waals surface area contributed by atoms with Crippen molar-refractivity contribution in [3.8, 4) is 0 Å². The Kier molecular flexibility index (Phi) is 6.92. The Bertz CT molecular complexity index is 1070. The summed E-state index contributed by atoms with van der Waals surface area (Å²) in [5.74, 6) is -0.240. The summed E-state index contributed by atoms with van der Waals surface area (Å²) in [5.41, 5.74) is 3.37. The predicted octanol–water partition coefficient (Wildman–Crippen LogP) is 3.83. The van der Waals surface area contributed by atoms with Crippen molar-refractivity contribution in [2.24, 2.45) is 5.92 Å². The summed E-state index contributed by atoms with van der Waals surface area (Å²) < 4.78 is 12.5. The van der Waals surface area contributed by atoms with E-state index in [9.17, 15) is 4.79 Å². The normalized spacial score (nSPS) is 20.0. The Morgan fingerprint density at radius 3 is 2.34 bits per heavy atom. The first kappa shape index (κ1) is 22.5. The molecule has 32 heavy (non-hydrogen) atoms. The van der Waals surface area contributed by atoms with E-state index in [2.05, 4.69) is 56.0 Å². The fourth-order valence-corrected chi connectivity index (χ4v) is 4.87. The minimum atomic E-state index is -0.709. The second kappa shape index (κ2) is 9.85. The maximum absolute atomic E-state index is 12.1. The van der Waals surface area contributed by atoms with E-state index < -0.39 is 5.79 Å². The molecular formula is C28H33NO3. The molecule has 0 saturated carbocycles. The topological polar surface area (TPSA) is 38.8 Å². The zero-order valence-corrected chi connectivity index (χ0v) is 19.2. The molecule has 2 aromatic carbocycles. The molecule has 0 atom stereocenters. The third-order valence-corrected chi connectivity index (χ3v) is 6.70. The summed E-state index contributed by atoms with van der Waals surface area (Å²) in [6, 6.07) is 16.7. The van der Waals surface area contributed by atoms with Crippen molar-refractivity contribution < 1.29 is 14.3 Å². The van der Waals surface area contributed by atoms with E-state index in [0.717, 1.165) is 53.1 Å². The van der Waals surface area contributed by atoms with Crippen molar-refractivity contribution in [3.05, 3.63) is 76.2 Å². The third kappa shape index (κ3) is 4.43. The minimum absolute atomic E-state index is 0.231. The fraction of sp³-hybridized carbons (Fsp3) is 0.393. The molecule has 0 aromatic heterocycles. The molecule has 2 aliphatic rings. The SMILES string of the molecule is C=c1cccc/c1=C/C(=C\C)c1ccc(C2(C3CCN(C(=O)CC)CC3)OCCO2)cc1. The molecule has 2 heterocycles. The number of likely N-dealkylation sites (tertiary alicyclic amines) is 1. The molecule has 2 fully saturated rings. The highest BCUT2D eigenvalue weighted by atomic mass is 16.7. The molecule has 4 rings (SSSR count). The summed E-state index contributed by atoms with van der Waals surface area (Å²) in [7, 11) is 0. The van der Waals surface area contributed by atoms with Crippen molar-refractivity contribution in [2.45, 2.75) is 38.9 Å². The molecule has 2 saturated heterocycles. The second-order valence-corrected chi connectivity index (χ2v) is 8.54. The van der Waals surface area contributed by atoms with E-state index in [4.69, 9.17) is 9.47 Å². The molecular weight excluding hydrogens is 398 g/mol. The van der Waals surface area contributed by atoms with Gasteiger partial charge in [-0.2, -0.15) is 0 Å². The lowest BCUT2D eigenvalue weighted by Gasteiger charge is -2.41. The van der Waals surface area contributed by atoms with E-state index in [1.807, 2.05) is 30.0 Å². The molecule has 0 spiro atoms. The van der Waals surface area contributed by atoms with Crippen molar-refractivity contribution in [1.82, 2.24) is 4.90 Å². The lowest BCUT2D eigenvalue weighted by molar-refractivity contribution is -0.214. The summed E-state index contributed by atoms with van der Waals surface area (Å²) in [6.07, 6.45) is 6.65. The number of rotatable bonds is 5. The summed E-state index contributed by atoms with van der Waals surface area (Å²) in [5, 5.41) is 2.14. The van der Waals surface area contributed by atoms with Gasteiger partial charge in [-0.1, -0.05) is 68.1 Å². The number of hydrogen-bond acceptors (Lipinski definition) is 3. The van der Waals surface area contributed by atoms with Gasteiger partial charge >= 0.3 is 0 Å². The monoisotopic (exact) mass is 431 g/mol. The summed E-state index contributed by atoms with van der Waals surface area (Å²) in [6.45, 7) is 10.9. The molecule has 0 N–H and O–H groups in total. The van der Waals surface area contributed by atoms with Crippen molar-refractivity contribution >= 4 is 24.1 Å². The predicted molar refractivity (Wildman–Crippen MR) is 129 cm³/mol. The number of carbonyl (C=O) groups excluding carboxylic acids is 1. The van der Waals surface area contributed by atoms with Gasteiger partial charge in [-0.3, -0.25) is 4.79 Å². The smallest absolute Gasteiger partial charge is 0.222 e. The van der Waals surface area contributed by atoms with Crippen LogP contribution in [-0.2, 0) is 20.1 Å². The number of piperidine rings is 1. The van der Waals surface area contributed by atoms with Gasteiger partial charge in [0.25, 0.3) is 0 Å². The Hall–Kier alpha value is -2.69.